The number of guanidine groups is 1. The Morgan fingerprint density at radius 1 is 1.71 bits per heavy atom. The van der Waals surface area contributed by atoms with Crippen molar-refractivity contribution in [3.05, 3.63) is 23.5 Å². The van der Waals surface area contributed by atoms with Crippen LogP contribution in [0.4, 0.5) is 0 Å². The molecule has 6 N–H and O–H groups in total. The van der Waals surface area contributed by atoms with Crippen LogP contribution in [0, 0.1) is 0 Å². The summed E-state index contributed by atoms with van der Waals surface area (Å²) >= 11 is 0. The predicted molar refractivity (Wildman–Crippen MR) is 58.3 cm³/mol. The van der Waals surface area contributed by atoms with Crippen LogP contribution in [0.25, 0.3) is 0 Å². The maximum atomic E-state index is 5.79. The number of nitrogens with two attached hydrogens (primary N) is 2. The molecule has 0 aromatic heterocycles. The molecule has 0 aliphatic carbocycles. The minimum Gasteiger partial charge on any atom is -0.380 e. The number of hydrogen-bond acceptors (Lipinski definition) is 5. The monoisotopic (exact) mass is 195 g/mol. The van der Waals surface area contributed by atoms with E-state index in [0.29, 0.717) is 12.5 Å². The van der Waals surface area contributed by atoms with Gasteiger partial charge in [-0.15, -0.1) is 0 Å². The third kappa shape index (κ3) is 2.50. The van der Waals surface area contributed by atoms with E-state index in [4.69, 9.17) is 11.5 Å². The van der Waals surface area contributed by atoms with E-state index in [1.165, 1.54) is 0 Å². The second-order valence-corrected chi connectivity index (χ2v) is 3.43. The summed E-state index contributed by atoms with van der Waals surface area (Å²) < 4.78 is 0. The second kappa shape index (κ2) is 4.15. The molecule has 78 valence electrons. The fourth-order valence-corrected chi connectivity index (χ4v) is 1.21. The van der Waals surface area contributed by atoms with E-state index in [2.05, 4.69) is 22.2 Å². The second-order valence-electron chi connectivity index (χ2n) is 3.43. The molecule has 0 saturated heterocycles. The number of allylic oxidation sites excluding steroid dienone is 1. The summed E-state index contributed by atoms with van der Waals surface area (Å²) in [6, 6.07) is 0. The molecule has 1 aliphatic heterocycles. The summed E-state index contributed by atoms with van der Waals surface area (Å²) in [7, 11) is 0. The third-order valence-electron chi connectivity index (χ3n) is 1.87. The first kappa shape index (κ1) is 10.6. The van der Waals surface area contributed by atoms with Crippen LogP contribution in [0.1, 0.15) is 13.8 Å². The maximum Gasteiger partial charge on any atom is 0.194 e. The molecule has 5 nitrogen and oxygen atoms in total. The van der Waals surface area contributed by atoms with E-state index in [1.54, 1.807) is 0 Å². The van der Waals surface area contributed by atoms with Gasteiger partial charge in [0, 0.05) is 12.2 Å². The lowest BCUT2D eigenvalue weighted by Crippen LogP contribution is -2.44. The van der Waals surface area contributed by atoms with Gasteiger partial charge < -0.3 is 22.1 Å². The average molecular weight is 195 g/mol. The first-order chi connectivity index (χ1) is 6.50. The zero-order valence-corrected chi connectivity index (χ0v) is 8.59. The molecule has 1 rings (SSSR count). The Labute approximate surface area is 83.9 Å². The molecule has 0 radical (unpaired) electrons. The van der Waals surface area contributed by atoms with E-state index in [0.717, 1.165) is 17.0 Å². The molecule has 0 saturated carbocycles. The minimum absolute atomic E-state index is 0.357. The van der Waals surface area contributed by atoms with Crippen molar-refractivity contribution in [2.45, 2.75) is 20.0 Å². The zero-order chi connectivity index (χ0) is 10.7. The zero-order valence-electron chi connectivity index (χ0n) is 8.59. The normalized spacial score (nSPS) is 21.4. The Morgan fingerprint density at radius 3 is 2.86 bits per heavy atom. The molecule has 0 bridgehead atoms. The Morgan fingerprint density at radius 2 is 2.36 bits per heavy atom. The topological polar surface area (TPSA) is 88.5 Å². The molecule has 0 amide bonds. The van der Waals surface area contributed by atoms with Gasteiger partial charge in [0.1, 0.15) is 6.17 Å². The van der Waals surface area contributed by atoms with Crippen molar-refractivity contribution in [1.82, 2.24) is 10.6 Å². The van der Waals surface area contributed by atoms with E-state index in [9.17, 15) is 0 Å². The van der Waals surface area contributed by atoms with Gasteiger partial charge in [0.2, 0.25) is 0 Å². The van der Waals surface area contributed by atoms with E-state index in [-0.39, 0.29) is 0 Å². The SMILES string of the molecule is C=C(C)CNC1=C(C)NC(N)=NC1N. The van der Waals surface area contributed by atoms with Crippen molar-refractivity contribution in [3.63, 3.8) is 0 Å². The summed E-state index contributed by atoms with van der Waals surface area (Å²) in [6.45, 7) is 8.34. The molecule has 5 heteroatoms. The lowest BCUT2D eigenvalue weighted by Gasteiger charge is -2.23. The molecule has 1 heterocycles. The molecule has 1 unspecified atom stereocenters. The van der Waals surface area contributed by atoms with Crippen LogP contribution in [0.2, 0.25) is 0 Å². The molecule has 1 atom stereocenters. The summed E-state index contributed by atoms with van der Waals surface area (Å²) in [6.07, 6.45) is -0.407. The largest absolute Gasteiger partial charge is 0.380 e. The van der Waals surface area contributed by atoms with E-state index < -0.39 is 6.17 Å². The van der Waals surface area contributed by atoms with Crippen molar-refractivity contribution in [2.24, 2.45) is 16.5 Å². The number of hydrogen-bond donors (Lipinski definition) is 4. The highest BCUT2D eigenvalue weighted by Gasteiger charge is 2.16. The predicted octanol–water partition coefficient (Wildman–Crippen LogP) is -0.414. The van der Waals surface area contributed by atoms with Crippen LogP contribution in [0.5, 0.6) is 0 Å². The number of nitrogens with zero attached hydrogens (tertiary/aromatic N) is 1. The Bertz CT molecular complexity index is 302. The van der Waals surface area contributed by atoms with Crippen LogP contribution < -0.4 is 22.1 Å². The maximum absolute atomic E-state index is 5.79. The highest BCUT2D eigenvalue weighted by Crippen LogP contribution is 2.07. The Kier molecular flexibility index (Phi) is 3.14. The summed E-state index contributed by atoms with van der Waals surface area (Å²) in [5.41, 5.74) is 14.1. The molecular formula is C9H17N5. The van der Waals surface area contributed by atoms with Crippen molar-refractivity contribution in [3.8, 4) is 0 Å². The molecule has 0 spiro atoms. The summed E-state index contributed by atoms with van der Waals surface area (Å²) in [5.74, 6) is 0.357. The van der Waals surface area contributed by atoms with Crippen LogP contribution in [-0.2, 0) is 0 Å². The average Bonchev–Trinajstić information content (AvgIpc) is 2.01. The first-order valence-electron chi connectivity index (χ1n) is 4.45. The van der Waals surface area contributed by atoms with Gasteiger partial charge in [-0.1, -0.05) is 12.2 Å². The highest BCUT2D eigenvalue weighted by molar-refractivity contribution is 5.81. The molecule has 1 aliphatic rings. The molecule has 14 heavy (non-hydrogen) atoms. The van der Waals surface area contributed by atoms with Gasteiger partial charge in [0.15, 0.2) is 5.96 Å². The van der Waals surface area contributed by atoms with Gasteiger partial charge in [-0.3, -0.25) is 0 Å². The van der Waals surface area contributed by atoms with Crippen LogP contribution in [-0.4, -0.2) is 18.7 Å². The number of nitrogens with one attached hydrogen (secondary N) is 2. The van der Waals surface area contributed by atoms with Gasteiger partial charge in [-0.25, -0.2) is 4.99 Å². The molecule has 0 aromatic carbocycles. The van der Waals surface area contributed by atoms with Gasteiger partial charge in [0.25, 0.3) is 0 Å². The van der Waals surface area contributed by atoms with E-state index in [1.807, 2.05) is 13.8 Å². The van der Waals surface area contributed by atoms with Crippen LogP contribution >= 0.6 is 0 Å². The van der Waals surface area contributed by atoms with Gasteiger partial charge >= 0.3 is 0 Å². The fourth-order valence-electron chi connectivity index (χ4n) is 1.21. The first-order valence-corrected chi connectivity index (χ1v) is 4.45. The molecule has 0 aromatic rings. The highest BCUT2D eigenvalue weighted by atomic mass is 15.2. The smallest absolute Gasteiger partial charge is 0.194 e. The standard InChI is InChI=1S/C9H17N5/c1-5(2)4-12-7-6(3)13-9(11)14-8(7)10/h8,12H,1,4,10H2,2-3H3,(H3,11,13,14). The lowest BCUT2D eigenvalue weighted by molar-refractivity contribution is 0.671. The summed E-state index contributed by atoms with van der Waals surface area (Å²) in [4.78, 5) is 4.00. The molecule has 0 fully saturated rings. The third-order valence-corrected chi connectivity index (χ3v) is 1.87. The minimum atomic E-state index is -0.407. The van der Waals surface area contributed by atoms with Gasteiger partial charge in [-0.2, -0.15) is 0 Å². The quantitative estimate of drug-likeness (QED) is 0.461. The van der Waals surface area contributed by atoms with Crippen LogP contribution in [0.3, 0.4) is 0 Å². The summed E-state index contributed by atoms with van der Waals surface area (Å²) in [5, 5.41) is 6.09. The number of aliphatic imine (C=N–C) groups is 1. The van der Waals surface area contributed by atoms with Crippen molar-refractivity contribution < 1.29 is 0 Å². The Hall–Kier alpha value is -1.49. The van der Waals surface area contributed by atoms with Crippen molar-refractivity contribution in [1.29, 1.82) is 0 Å². The van der Waals surface area contributed by atoms with E-state index >= 15 is 0 Å². The lowest BCUT2D eigenvalue weighted by atomic mass is 10.2. The Balaban J connectivity index is 2.67. The van der Waals surface area contributed by atoms with Gasteiger partial charge in [-0.05, 0) is 13.8 Å². The van der Waals surface area contributed by atoms with Gasteiger partial charge in [0.05, 0.1) is 5.70 Å². The van der Waals surface area contributed by atoms with Crippen molar-refractivity contribution in [2.75, 3.05) is 6.54 Å². The number of rotatable bonds is 3. The molecular weight excluding hydrogens is 178 g/mol. The fraction of sp³-hybridized carbons (Fsp3) is 0.444. The van der Waals surface area contributed by atoms with Crippen LogP contribution in [0.15, 0.2) is 28.5 Å². The van der Waals surface area contributed by atoms with Crippen molar-refractivity contribution >= 4 is 5.96 Å².